The lowest BCUT2D eigenvalue weighted by Gasteiger charge is -2.05. The molecule has 3 N–H and O–H groups in total. The Morgan fingerprint density at radius 2 is 2.20 bits per heavy atom. The van der Waals surface area contributed by atoms with Crippen LogP contribution in [0.1, 0.15) is 0 Å². The van der Waals surface area contributed by atoms with E-state index in [1.165, 1.54) is 0 Å². The van der Waals surface area contributed by atoms with Gasteiger partial charge in [-0.2, -0.15) is 0 Å². The second kappa shape index (κ2) is 6.38. The van der Waals surface area contributed by atoms with Crippen molar-refractivity contribution in [1.82, 2.24) is 16.2 Å². The first-order chi connectivity index (χ1) is 4.85. The maximum atomic E-state index is 4.89. The lowest BCUT2D eigenvalue weighted by Crippen LogP contribution is -2.24. The second-order valence-corrected chi connectivity index (χ2v) is 1.75. The minimum Gasteiger partial charge on any atom is -0.388 e. The third-order valence-electron chi connectivity index (χ3n) is 1.01. The minimum absolute atomic E-state index is 0.588. The highest BCUT2D eigenvalue weighted by atomic mass is 16.5. The summed E-state index contributed by atoms with van der Waals surface area (Å²) in [7, 11) is 5.31. The Bertz CT molecular complexity index is 103. The van der Waals surface area contributed by atoms with Crippen molar-refractivity contribution in [3.8, 4) is 0 Å². The Morgan fingerprint density at radius 1 is 1.50 bits per heavy atom. The van der Waals surface area contributed by atoms with E-state index in [-0.39, 0.29) is 0 Å². The Morgan fingerprint density at radius 3 is 2.60 bits per heavy atom. The first kappa shape index (κ1) is 9.26. The molecule has 60 valence electrons. The lowest BCUT2D eigenvalue weighted by molar-refractivity contribution is 0.220. The van der Waals surface area contributed by atoms with Gasteiger partial charge in [0.25, 0.3) is 0 Å². The number of nitrogens with one attached hydrogen (secondary N) is 3. The molecule has 0 amide bonds. The summed E-state index contributed by atoms with van der Waals surface area (Å²) in [6.07, 6.45) is 1.81. The van der Waals surface area contributed by atoms with E-state index in [0.29, 0.717) is 6.61 Å². The third kappa shape index (κ3) is 4.17. The van der Waals surface area contributed by atoms with E-state index in [1.807, 2.05) is 13.2 Å². The number of methoxy groups -OCH3 is 1. The van der Waals surface area contributed by atoms with Gasteiger partial charge in [0.2, 0.25) is 0 Å². The van der Waals surface area contributed by atoms with E-state index in [0.717, 1.165) is 5.70 Å². The Kier molecular flexibility index (Phi) is 5.91. The highest BCUT2D eigenvalue weighted by Crippen LogP contribution is 1.83. The van der Waals surface area contributed by atoms with Crippen molar-refractivity contribution in [2.24, 2.45) is 0 Å². The van der Waals surface area contributed by atoms with Crippen molar-refractivity contribution in [3.05, 3.63) is 11.9 Å². The molecule has 0 bridgehead atoms. The summed E-state index contributed by atoms with van der Waals surface area (Å²) >= 11 is 0. The predicted octanol–water partition coefficient (Wildman–Crippen LogP) is -0.582. The minimum atomic E-state index is 0.588. The van der Waals surface area contributed by atoms with Gasteiger partial charge in [-0.15, -0.1) is 0 Å². The molecule has 0 heterocycles. The van der Waals surface area contributed by atoms with Gasteiger partial charge in [0.1, 0.15) is 0 Å². The van der Waals surface area contributed by atoms with Gasteiger partial charge in [0.15, 0.2) is 0 Å². The predicted molar refractivity (Wildman–Crippen MR) is 41.2 cm³/mol. The van der Waals surface area contributed by atoms with Crippen LogP contribution in [0.15, 0.2) is 11.9 Å². The highest BCUT2D eigenvalue weighted by Gasteiger charge is 1.88. The smallest absolute Gasteiger partial charge is 0.0873 e. The quantitative estimate of drug-likeness (QED) is 0.453. The zero-order valence-corrected chi connectivity index (χ0v) is 6.69. The summed E-state index contributed by atoms with van der Waals surface area (Å²) in [6, 6.07) is 0. The number of hydrogen-bond donors (Lipinski definition) is 3. The van der Waals surface area contributed by atoms with Crippen LogP contribution in [-0.4, -0.2) is 27.8 Å². The zero-order chi connectivity index (χ0) is 7.82. The van der Waals surface area contributed by atoms with Gasteiger partial charge < -0.3 is 15.5 Å². The molecule has 0 aromatic carbocycles. The molecule has 0 aliphatic heterocycles. The van der Waals surface area contributed by atoms with Gasteiger partial charge in [-0.25, -0.2) is 5.43 Å². The fraction of sp³-hybridized carbons (Fsp3) is 0.667. The summed E-state index contributed by atoms with van der Waals surface area (Å²) in [4.78, 5) is 0. The van der Waals surface area contributed by atoms with Crippen molar-refractivity contribution in [3.63, 3.8) is 0 Å². The van der Waals surface area contributed by atoms with Gasteiger partial charge in [-0.05, 0) is 0 Å². The molecule has 0 aliphatic carbocycles. The molecule has 0 saturated carbocycles. The average molecular weight is 145 g/mol. The zero-order valence-electron chi connectivity index (χ0n) is 6.69. The Labute approximate surface area is 61.6 Å². The monoisotopic (exact) mass is 145 g/mol. The molecule has 0 aliphatic rings. The summed E-state index contributed by atoms with van der Waals surface area (Å²) in [5.74, 6) is 0. The van der Waals surface area contributed by atoms with Gasteiger partial charge in [-0.3, -0.25) is 0 Å². The topological polar surface area (TPSA) is 45.3 Å². The normalized spacial score (nSPS) is 11.3. The standard InChI is InChI=1S/C6H15N3O/c1-7-6(5-10-3)4-9-8-2/h4,7-9H,5H2,1-3H3/b6-4-. The van der Waals surface area contributed by atoms with Gasteiger partial charge in [0.05, 0.1) is 12.3 Å². The van der Waals surface area contributed by atoms with Gasteiger partial charge >= 0.3 is 0 Å². The van der Waals surface area contributed by atoms with Crippen LogP contribution in [0.25, 0.3) is 0 Å². The van der Waals surface area contributed by atoms with E-state index in [4.69, 9.17) is 4.74 Å². The number of hydrazine groups is 1. The maximum Gasteiger partial charge on any atom is 0.0873 e. The van der Waals surface area contributed by atoms with E-state index < -0.39 is 0 Å². The molecule has 0 aromatic rings. The lowest BCUT2D eigenvalue weighted by atomic mass is 10.5. The maximum absolute atomic E-state index is 4.89. The van der Waals surface area contributed by atoms with Crippen LogP contribution in [0.4, 0.5) is 0 Å². The Balaban J connectivity index is 3.55. The fourth-order valence-corrected chi connectivity index (χ4v) is 0.501. The number of ether oxygens (including phenoxy) is 1. The molecule has 0 spiro atoms. The van der Waals surface area contributed by atoms with Crippen molar-refractivity contribution in [2.75, 3.05) is 27.8 Å². The van der Waals surface area contributed by atoms with Crippen LogP contribution in [-0.2, 0) is 4.74 Å². The largest absolute Gasteiger partial charge is 0.388 e. The SMILES string of the molecule is CNN/C=C(/COC)NC. The van der Waals surface area contributed by atoms with Crippen LogP contribution in [0.3, 0.4) is 0 Å². The molecule has 10 heavy (non-hydrogen) atoms. The van der Waals surface area contributed by atoms with Crippen LogP contribution in [0.2, 0.25) is 0 Å². The van der Waals surface area contributed by atoms with Crippen molar-refractivity contribution in [2.45, 2.75) is 0 Å². The van der Waals surface area contributed by atoms with Crippen molar-refractivity contribution >= 4 is 0 Å². The average Bonchev–Trinajstić information content (AvgIpc) is 1.98. The molecule has 0 unspecified atom stereocenters. The van der Waals surface area contributed by atoms with Crippen LogP contribution < -0.4 is 16.2 Å². The number of likely N-dealkylation sites (N-methyl/N-ethyl adjacent to an activating group) is 1. The second-order valence-electron chi connectivity index (χ2n) is 1.75. The van der Waals surface area contributed by atoms with Crippen LogP contribution in [0.5, 0.6) is 0 Å². The molecule has 0 fully saturated rings. The summed E-state index contributed by atoms with van der Waals surface area (Å²) in [5, 5.41) is 2.97. The van der Waals surface area contributed by atoms with E-state index >= 15 is 0 Å². The molecule has 0 saturated heterocycles. The molecule has 0 radical (unpaired) electrons. The Hall–Kier alpha value is -0.740. The van der Waals surface area contributed by atoms with Crippen LogP contribution in [0, 0.1) is 0 Å². The summed E-state index contributed by atoms with van der Waals surface area (Å²) < 4.78 is 4.89. The third-order valence-corrected chi connectivity index (χ3v) is 1.01. The van der Waals surface area contributed by atoms with Crippen molar-refractivity contribution < 1.29 is 4.74 Å². The van der Waals surface area contributed by atoms with E-state index in [9.17, 15) is 0 Å². The number of hydrogen-bond acceptors (Lipinski definition) is 4. The van der Waals surface area contributed by atoms with Crippen molar-refractivity contribution in [1.29, 1.82) is 0 Å². The first-order valence-electron chi connectivity index (χ1n) is 3.13. The molecular weight excluding hydrogens is 130 g/mol. The molecule has 0 atom stereocenters. The molecule has 4 heteroatoms. The van der Waals surface area contributed by atoms with E-state index in [2.05, 4.69) is 16.2 Å². The van der Waals surface area contributed by atoms with E-state index in [1.54, 1.807) is 14.2 Å². The van der Waals surface area contributed by atoms with Gasteiger partial charge in [0, 0.05) is 27.4 Å². The fourth-order valence-electron chi connectivity index (χ4n) is 0.501. The molecule has 0 aromatic heterocycles. The number of rotatable bonds is 5. The van der Waals surface area contributed by atoms with Gasteiger partial charge in [-0.1, -0.05) is 0 Å². The summed E-state index contributed by atoms with van der Waals surface area (Å²) in [6.45, 7) is 0.588. The highest BCUT2D eigenvalue weighted by molar-refractivity contribution is 4.96. The summed E-state index contributed by atoms with van der Waals surface area (Å²) in [5.41, 5.74) is 6.60. The first-order valence-corrected chi connectivity index (χ1v) is 3.13. The molecule has 0 rings (SSSR count). The van der Waals surface area contributed by atoms with Crippen LogP contribution >= 0.6 is 0 Å². The molecule has 4 nitrogen and oxygen atoms in total. The molecular formula is C6H15N3O.